The van der Waals surface area contributed by atoms with E-state index >= 15 is 0 Å². The highest BCUT2D eigenvalue weighted by Crippen LogP contribution is 2.11. The SMILES string of the molecule is Cc1ccc(NCCCNC(=O)C2CCCO2)nc1. The van der Waals surface area contributed by atoms with Crippen LogP contribution < -0.4 is 10.6 Å². The smallest absolute Gasteiger partial charge is 0.249 e. The Morgan fingerprint density at radius 2 is 2.37 bits per heavy atom. The number of ether oxygens (including phenoxy) is 1. The van der Waals surface area contributed by atoms with Crippen molar-refractivity contribution < 1.29 is 9.53 Å². The summed E-state index contributed by atoms with van der Waals surface area (Å²) in [6.45, 7) is 4.18. The molecule has 0 radical (unpaired) electrons. The molecule has 1 unspecified atom stereocenters. The van der Waals surface area contributed by atoms with Gasteiger partial charge in [0, 0.05) is 25.9 Å². The minimum absolute atomic E-state index is 0.0194. The number of carbonyl (C=O) groups excluding carboxylic acids is 1. The monoisotopic (exact) mass is 263 g/mol. The van der Waals surface area contributed by atoms with Crippen LogP contribution in [0.2, 0.25) is 0 Å². The molecule has 2 N–H and O–H groups in total. The van der Waals surface area contributed by atoms with Gasteiger partial charge in [-0.15, -0.1) is 0 Å². The quantitative estimate of drug-likeness (QED) is 0.763. The third-order valence-electron chi connectivity index (χ3n) is 3.09. The van der Waals surface area contributed by atoms with Gasteiger partial charge in [-0.3, -0.25) is 4.79 Å². The maximum atomic E-state index is 11.6. The first kappa shape index (κ1) is 13.8. The lowest BCUT2D eigenvalue weighted by Gasteiger charge is -2.10. The van der Waals surface area contributed by atoms with E-state index in [0.29, 0.717) is 13.2 Å². The van der Waals surface area contributed by atoms with E-state index in [1.54, 1.807) is 0 Å². The van der Waals surface area contributed by atoms with Crippen LogP contribution in [-0.4, -0.2) is 36.7 Å². The molecule has 5 heteroatoms. The second kappa shape index (κ2) is 7.09. The van der Waals surface area contributed by atoms with Crippen LogP contribution in [0.5, 0.6) is 0 Å². The molecule has 19 heavy (non-hydrogen) atoms. The van der Waals surface area contributed by atoms with Gasteiger partial charge in [-0.25, -0.2) is 4.98 Å². The van der Waals surface area contributed by atoms with Crippen molar-refractivity contribution in [2.24, 2.45) is 0 Å². The summed E-state index contributed by atoms with van der Waals surface area (Å²) in [6.07, 6.45) is 4.30. The molecule has 1 aliphatic heterocycles. The summed E-state index contributed by atoms with van der Waals surface area (Å²) in [5.41, 5.74) is 1.15. The van der Waals surface area contributed by atoms with Crippen molar-refractivity contribution in [2.45, 2.75) is 32.3 Å². The molecular formula is C14H21N3O2. The lowest BCUT2D eigenvalue weighted by molar-refractivity contribution is -0.130. The summed E-state index contributed by atoms with van der Waals surface area (Å²) >= 11 is 0. The fourth-order valence-electron chi connectivity index (χ4n) is 1.99. The summed E-state index contributed by atoms with van der Waals surface area (Å²) < 4.78 is 5.31. The molecule has 2 rings (SSSR count). The van der Waals surface area contributed by atoms with Gasteiger partial charge in [0.25, 0.3) is 0 Å². The van der Waals surface area contributed by atoms with Crippen molar-refractivity contribution >= 4 is 11.7 Å². The number of hydrogen-bond donors (Lipinski definition) is 2. The van der Waals surface area contributed by atoms with Crippen LogP contribution in [0.25, 0.3) is 0 Å². The molecule has 1 aromatic heterocycles. The Morgan fingerprint density at radius 1 is 1.47 bits per heavy atom. The maximum Gasteiger partial charge on any atom is 0.249 e. The Labute approximate surface area is 113 Å². The number of amides is 1. The van der Waals surface area contributed by atoms with E-state index in [-0.39, 0.29) is 12.0 Å². The number of aryl methyl sites for hydroxylation is 1. The van der Waals surface area contributed by atoms with Crippen LogP contribution >= 0.6 is 0 Å². The van der Waals surface area contributed by atoms with Crippen LogP contribution in [0.4, 0.5) is 5.82 Å². The average Bonchev–Trinajstić information content (AvgIpc) is 2.94. The molecule has 1 aromatic rings. The van der Waals surface area contributed by atoms with E-state index < -0.39 is 0 Å². The summed E-state index contributed by atoms with van der Waals surface area (Å²) in [5, 5.41) is 6.12. The molecule has 0 aromatic carbocycles. The molecule has 0 saturated carbocycles. The largest absolute Gasteiger partial charge is 0.370 e. The van der Waals surface area contributed by atoms with Crippen LogP contribution in [-0.2, 0) is 9.53 Å². The fraction of sp³-hybridized carbons (Fsp3) is 0.571. The van der Waals surface area contributed by atoms with E-state index in [1.165, 1.54) is 0 Å². The molecule has 0 aliphatic carbocycles. The van der Waals surface area contributed by atoms with E-state index in [1.807, 2.05) is 25.3 Å². The van der Waals surface area contributed by atoms with Gasteiger partial charge >= 0.3 is 0 Å². The fourth-order valence-corrected chi connectivity index (χ4v) is 1.99. The summed E-state index contributed by atoms with van der Waals surface area (Å²) in [5.74, 6) is 0.891. The van der Waals surface area contributed by atoms with Crippen molar-refractivity contribution in [3.8, 4) is 0 Å². The van der Waals surface area contributed by atoms with Gasteiger partial charge in [0.2, 0.25) is 5.91 Å². The lowest BCUT2D eigenvalue weighted by Crippen LogP contribution is -2.35. The molecule has 1 atom stereocenters. The zero-order valence-corrected chi connectivity index (χ0v) is 11.3. The van der Waals surface area contributed by atoms with E-state index in [4.69, 9.17) is 4.74 Å². The van der Waals surface area contributed by atoms with Crippen molar-refractivity contribution in [1.29, 1.82) is 0 Å². The number of aromatic nitrogens is 1. The molecule has 1 aliphatic rings. The van der Waals surface area contributed by atoms with Gasteiger partial charge in [-0.1, -0.05) is 6.07 Å². The second-order valence-corrected chi connectivity index (χ2v) is 4.79. The molecule has 0 bridgehead atoms. The number of nitrogens with one attached hydrogen (secondary N) is 2. The number of rotatable bonds is 6. The van der Waals surface area contributed by atoms with Crippen molar-refractivity contribution in [3.05, 3.63) is 23.9 Å². The number of anilines is 1. The van der Waals surface area contributed by atoms with Gasteiger partial charge in [-0.2, -0.15) is 0 Å². The third kappa shape index (κ3) is 4.52. The Morgan fingerprint density at radius 3 is 3.05 bits per heavy atom. The minimum atomic E-state index is -0.230. The Kier molecular flexibility index (Phi) is 5.15. The van der Waals surface area contributed by atoms with Crippen molar-refractivity contribution in [2.75, 3.05) is 25.0 Å². The van der Waals surface area contributed by atoms with Crippen molar-refractivity contribution in [3.63, 3.8) is 0 Å². The molecule has 0 spiro atoms. The summed E-state index contributed by atoms with van der Waals surface area (Å²) in [4.78, 5) is 15.9. The normalized spacial score (nSPS) is 18.3. The molecule has 1 saturated heterocycles. The summed E-state index contributed by atoms with van der Waals surface area (Å²) in [6, 6.07) is 3.98. The molecule has 1 amide bonds. The zero-order valence-electron chi connectivity index (χ0n) is 11.3. The van der Waals surface area contributed by atoms with Gasteiger partial charge in [0.15, 0.2) is 0 Å². The lowest BCUT2D eigenvalue weighted by atomic mass is 10.2. The van der Waals surface area contributed by atoms with E-state index in [9.17, 15) is 4.79 Å². The molecule has 5 nitrogen and oxygen atoms in total. The Hall–Kier alpha value is -1.62. The number of hydrogen-bond acceptors (Lipinski definition) is 4. The zero-order chi connectivity index (χ0) is 13.5. The topological polar surface area (TPSA) is 63.2 Å². The van der Waals surface area contributed by atoms with E-state index in [2.05, 4.69) is 15.6 Å². The number of carbonyl (C=O) groups is 1. The number of nitrogens with zero attached hydrogens (tertiary/aromatic N) is 1. The Balaban J connectivity index is 1.56. The summed E-state index contributed by atoms with van der Waals surface area (Å²) in [7, 11) is 0. The molecule has 104 valence electrons. The van der Waals surface area contributed by atoms with E-state index in [0.717, 1.165) is 37.2 Å². The molecule has 1 fully saturated rings. The van der Waals surface area contributed by atoms with Crippen LogP contribution in [0.3, 0.4) is 0 Å². The predicted octanol–water partition coefficient (Wildman–Crippen LogP) is 1.49. The molecule has 2 heterocycles. The highest BCUT2D eigenvalue weighted by atomic mass is 16.5. The van der Waals surface area contributed by atoms with Gasteiger partial charge < -0.3 is 15.4 Å². The maximum absolute atomic E-state index is 11.6. The standard InChI is InChI=1S/C14H21N3O2/c1-11-5-6-13(17-10-11)15-7-3-8-16-14(18)12-4-2-9-19-12/h5-6,10,12H,2-4,7-9H2,1H3,(H,15,17)(H,16,18). The predicted molar refractivity (Wildman–Crippen MR) is 74.1 cm³/mol. The number of pyridine rings is 1. The Bertz CT molecular complexity index is 400. The van der Waals surface area contributed by atoms with Gasteiger partial charge in [-0.05, 0) is 37.8 Å². The highest BCUT2D eigenvalue weighted by molar-refractivity contribution is 5.80. The van der Waals surface area contributed by atoms with Crippen LogP contribution in [0.15, 0.2) is 18.3 Å². The van der Waals surface area contributed by atoms with Crippen LogP contribution in [0, 0.1) is 6.92 Å². The first-order valence-electron chi connectivity index (χ1n) is 6.81. The van der Waals surface area contributed by atoms with Crippen molar-refractivity contribution in [1.82, 2.24) is 10.3 Å². The molecular weight excluding hydrogens is 242 g/mol. The van der Waals surface area contributed by atoms with Gasteiger partial charge in [0.05, 0.1) is 0 Å². The average molecular weight is 263 g/mol. The first-order valence-corrected chi connectivity index (χ1v) is 6.81. The van der Waals surface area contributed by atoms with Crippen LogP contribution in [0.1, 0.15) is 24.8 Å². The minimum Gasteiger partial charge on any atom is -0.370 e. The second-order valence-electron chi connectivity index (χ2n) is 4.79. The highest BCUT2D eigenvalue weighted by Gasteiger charge is 2.22. The van der Waals surface area contributed by atoms with Gasteiger partial charge in [0.1, 0.15) is 11.9 Å². The third-order valence-corrected chi connectivity index (χ3v) is 3.09. The first-order chi connectivity index (χ1) is 9.25.